The van der Waals surface area contributed by atoms with Crippen molar-refractivity contribution in [1.82, 2.24) is 0 Å². The molecule has 3 rings (SSSR count). The lowest BCUT2D eigenvalue weighted by molar-refractivity contribution is 0.0665. The fourth-order valence-corrected chi connectivity index (χ4v) is 2.70. The highest BCUT2D eigenvalue weighted by Crippen LogP contribution is 2.33. The van der Waals surface area contributed by atoms with Gasteiger partial charge in [0.05, 0.1) is 15.1 Å². The maximum Gasteiger partial charge on any atom is 0.371 e. The van der Waals surface area contributed by atoms with Crippen LogP contribution in [0.3, 0.4) is 0 Å². The number of carboxylic acids is 1. The highest BCUT2D eigenvalue weighted by Gasteiger charge is 2.14. The third-order valence-corrected chi connectivity index (χ3v) is 4.43. The number of rotatable bonds is 3. The van der Waals surface area contributed by atoms with Gasteiger partial charge in [0.15, 0.2) is 0 Å². The SMILES string of the molecule is O=C(Nc1cc(Cl)c(Cl)c(Cl)c1)c1ccc2cc(C(=O)O)oc2c1. The number of amides is 1. The number of fused-ring (bicyclic) bond motifs is 1. The predicted octanol–water partition coefficient (Wildman–Crippen LogP) is 5.34. The molecule has 0 saturated carbocycles. The molecule has 0 fully saturated rings. The second kappa shape index (κ2) is 6.36. The molecule has 8 heteroatoms. The number of hydrogen-bond donors (Lipinski definition) is 2. The Labute approximate surface area is 150 Å². The average molecular weight is 385 g/mol. The number of aromatic carboxylic acids is 1. The molecule has 0 atom stereocenters. The Morgan fingerprint density at radius 1 is 1.00 bits per heavy atom. The Kier molecular flexibility index (Phi) is 4.41. The molecular formula is C16H8Cl3NO4. The van der Waals surface area contributed by atoms with Gasteiger partial charge in [-0.3, -0.25) is 4.79 Å². The first-order chi connectivity index (χ1) is 11.3. The quantitative estimate of drug-likeness (QED) is 0.597. The summed E-state index contributed by atoms with van der Waals surface area (Å²) in [5.41, 5.74) is 0.966. The zero-order chi connectivity index (χ0) is 17.4. The van der Waals surface area contributed by atoms with Crippen molar-refractivity contribution in [3.63, 3.8) is 0 Å². The van der Waals surface area contributed by atoms with Crippen LogP contribution in [0.1, 0.15) is 20.9 Å². The number of hydrogen-bond acceptors (Lipinski definition) is 3. The van der Waals surface area contributed by atoms with Crippen LogP contribution in [0.2, 0.25) is 15.1 Å². The van der Waals surface area contributed by atoms with Gasteiger partial charge in [-0.1, -0.05) is 40.9 Å². The van der Waals surface area contributed by atoms with Crippen LogP contribution in [0.5, 0.6) is 0 Å². The van der Waals surface area contributed by atoms with Gasteiger partial charge in [0.2, 0.25) is 5.76 Å². The third-order valence-electron chi connectivity index (χ3n) is 3.23. The number of halogens is 3. The molecule has 0 unspecified atom stereocenters. The second-order valence-electron chi connectivity index (χ2n) is 4.88. The molecule has 3 aromatic rings. The van der Waals surface area contributed by atoms with Crippen molar-refractivity contribution in [3.05, 3.63) is 62.8 Å². The Morgan fingerprint density at radius 2 is 1.67 bits per heavy atom. The van der Waals surface area contributed by atoms with Crippen molar-refractivity contribution >= 4 is 63.3 Å². The average Bonchev–Trinajstić information content (AvgIpc) is 2.95. The predicted molar refractivity (Wildman–Crippen MR) is 92.6 cm³/mol. The van der Waals surface area contributed by atoms with Crippen LogP contribution in [-0.4, -0.2) is 17.0 Å². The Balaban J connectivity index is 1.89. The van der Waals surface area contributed by atoms with E-state index in [1.165, 1.54) is 24.3 Å². The van der Waals surface area contributed by atoms with E-state index in [0.717, 1.165) is 0 Å². The van der Waals surface area contributed by atoms with Crippen molar-refractivity contribution in [2.45, 2.75) is 0 Å². The van der Waals surface area contributed by atoms with Gasteiger partial charge in [-0.2, -0.15) is 0 Å². The maximum absolute atomic E-state index is 12.3. The summed E-state index contributed by atoms with van der Waals surface area (Å²) in [7, 11) is 0. The van der Waals surface area contributed by atoms with Gasteiger partial charge in [-0.15, -0.1) is 0 Å². The van der Waals surface area contributed by atoms with E-state index in [1.807, 2.05) is 0 Å². The van der Waals surface area contributed by atoms with Gasteiger partial charge in [-0.25, -0.2) is 4.79 Å². The van der Waals surface area contributed by atoms with Crippen LogP contribution in [0.25, 0.3) is 11.0 Å². The summed E-state index contributed by atoms with van der Waals surface area (Å²) in [6.07, 6.45) is 0. The number of carbonyl (C=O) groups is 2. The fourth-order valence-electron chi connectivity index (χ4n) is 2.11. The normalized spacial score (nSPS) is 10.8. The molecule has 1 aromatic heterocycles. The summed E-state index contributed by atoms with van der Waals surface area (Å²) in [4.78, 5) is 23.2. The fraction of sp³-hybridized carbons (Fsp3) is 0. The van der Waals surface area contributed by atoms with Crippen molar-refractivity contribution in [2.24, 2.45) is 0 Å². The molecule has 122 valence electrons. The highest BCUT2D eigenvalue weighted by molar-refractivity contribution is 6.48. The summed E-state index contributed by atoms with van der Waals surface area (Å²) in [6.45, 7) is 0. The van der Waals surface area contributed by atoms with E-state index in [0.29, 0.717) is 16.7 Å². The summed E-state index contributed by atoms with van der Waals surface area (Å²) in [5.74, 6) is -1.80. The van der Waals surface area contributed by atoms with Gasteiger partial charge in [0, 0.05) is 16.6 Å². The lowest BCUT2D eigenvalue weighted by Gasteiger charge is -2.08. The van der Waals surface area contributed by atoms with E-state index in [4.69, 9.17) is 44.3 Å². The Bertz CT molecular complexity index is 958. The van der Waals surface area contributed by atoms with E-state index in [9.17, 15) is 9.59 Å². The van der Waals surface area contributed by atoms with Crippen LogP contribution in [-0.2, 0) is 0 Å². The molecule has 1 amide bonds. The van der Waals surface area contributed by atoms with Gasteiger partial charge in [-0.05, 0) is 30.3 Å². The van der Waals surface area contributed by atoms with Crippen LogP contribution in [0.15, 0.2) is 40.8 Å². The molecule has 24 heavy (non-hydrogen) atoms. The summed E-state index contributed by atoms with van der Waals surface area (Å²) in [5, 5.41) is 12.8. The van der Waals surface area contributed by atoms with Gasteiger partial charge in [0.25, 0.3) is 5.91 Å². The first-order valence-electron chi connectivity index (χ1n) is 6.58. The lowest BCUT2D eigenvalue weighted by atomic mass is 10.1. The minimum Gasteiger partial charge on any atom is -0.475 e. The molecule has 0 bridgehead atoms. The molecule has 0 aliphatic rings. The monoisotopic (exact) mass is 383 g/mol. The van der Waals surface area contributed by atoms with Gasteiger partial charge >= 0.3 is 5.97 Å². The minimum absolute atomic E-state index is 0.196. The number of nitrogens with one attached hydrogen (secondary N) is 1. The Morgan fingerprint density at radius 3 is 2.29 bits per heavy atom. The van der Waals surface area contributed by atoms with Crippen LogP contribution in [0, 0.1) is 0 Å². The molecular weight excluding hydrogens is 377 g/mol. The zero-order valence-corrected chi connectivity index (χ0v) is 14.0. The number of carbonyl (C=O) groups excluding carboxylic acids is 1. The third kappa shape index (κ3) is 3.19. The first kappa shape index (κ1) is 16.6. The molecule has 0 aliphatic heterocycles. The van der Waals surface area contributed by atoms with Crippen molar-refractivity contribution < 1.29 is 19.1 Å². The standard InChI is InChI=1S/C16H8Cl3NO4/c17-10-5-9(6-11(18)14(10)19)20-15(21)8-2-1-7-3-13(16(22)23)24-12(7)4-8/h1-6H,(H,20,21)(H,22,23). The van der Waals surface area contributed by atoms with E-state index in [-0.39, 0.29) is 26.4 Å². The molecule has 0 saturated heterocycles. The van der Waals surface area contributed by atoms with E-state index >= 15 is 0 Å². The number of anilines is 1. The zero-order valence-electron chi connectivity index (χ0n) is 11.8. The minimum atomic E-state index is -1.18. The van der Waals surface area contributed by atoms with E-state index in [2.05, 4.69) is 5.32 Å². The van der Waals surface area contributed by atoms with Crippen molar-refractivity contribution in [2.75, 3.05) is 5.32 Å². The molecule has 1 heterocycles. The number of benzene rings is 2. The summed E-state index contributed by atoms with van der Waals surface area (Å²) < 4.78 is 5.19. The molecule has 0 spiro atoms. The maximum atomic E-state index is 12.3. The Hall–Kier alpha value is -2.21. The molecule has 0 aliphatic carbocycles. The molecule has 2 N–H and O–H groups in total. The summed E-state index contributed by atoms with van der Waals surface area (Å²) in [6, 6.07) is 8.94. The lowest BCUT2D eigenvalue weighted by Crippen LogP contribution is -2.11. The van der Waals surface area contributed by atoms with Gasteiger partial charge < -0.3 is 14.8 Å². The van der Waals surface area contributed by atoms with Crippen LogP contribution in [0.4, 0.5) is 5.69 Å². The second-order valence-corrected chi connectivity index (χ2v) is 6.07. The number of carboxylic acid groups (broad SMARTS) is 1. The molecule has 2 aromatic carbocycles. The molecule has 0 radical (unpaired) electrons. The van der Waals surface area contributed by atoms with E-state index in [1.54, 1.807) is 12.1 Å². The van der Waals surface area contributed by atoms with Crippen molar-refractivity contribution in [1.29, 1.82) is 0 Å². The first-order valence-corrected chi connectivity index (χ1v) is 7.71. The van der Waals surface area contributed by atoms with Crippen LogP contribution >= 0.6 is 34.8 Å². The topological polar surface area (TPSA) is 79.5 Å². The highest BCUT2D eigenvalue weighted by atomic mass is 35.5. The largest absolute Gasteiger partial charge is 0.475 e. The smallest absolute Gasteiger partial charge is 0.371 e. The van der Waals surface area contributed by atoms with Crippen molar-refractivity contribution in [3.8, 4) is 0 Å². The summed E-state index contributed by atoms with van der Waals surface area (Å²) >= 11 is 17.7. The molecule has 5 nitrogen and oxygen atoms in total. The van der Waals surface area contributed by atoms with Gasteiger partial charge in [0.1, 0.15) is 5.58 Å². The van der Waals surface area contributed by atoms with Crippen LogP contribution < -0.4 is 5.32 Å². The van der Waals surface area contributed by atoms with E-state index < -0.39 is 11.9 Å². The number of furan rings is 1.